The molecule has 0 unspecified atom stereocenters. The molecule has 2 aromatic heterocycles. The number of carbonyl (C=O) groups excluding carboxylic acids is 1. The lowest BCUT2D eigenvalue weighted by Crippen LogP contribution is -2.15. The summed E-state index contributed by atoms with van der Waals surface area (Å²) in [6, 6.07) is 17.7. The first-order chi connectivity index (χ1) is 14.1. The third kappa shape index (κ3) is 4.14. The molecule has 0 aliphatic heterocycles. The first kappa shape index (κ1) is 19.1. The van der Waals surface area contributed by atoms with E-state index < -0.39 is 0 Å². The highest BCUT2D eigenvalue weighted by Crippen LogP contribution is 2.27. The van der Waals surface area contributed by atoms with E-state index in [4.69, 9.17) is 0 Å². The molecular weight excluding hydrogens is 382 g/mol. The van der Waals surface area contributed by atoms with Gasteiger partial charge in [-0.15, -0.1) is 0 Å². The zero-order chi connectivity index (χ0) is 20.2. The van der Waals surface area contributed by atoms with E-state index in [1.54, 1.807) is 10.9 Å². The van der Waals surface area contributed by atoms with Crippen LogP contribution in [0.15, 0.2) is 72.1 Å². The van der Waals surface area contributed by atoms with Gasteiger partial charge in [0.1, 0.15) is 11.4 Å². The van der Waals surface area contributed by atoms with Crippen molar-refractivity contribution in [2.45, 2.75) is 24.8 Å². The minimum Gasteiger partial charge on any atom is -0.325 e. The molecule has 0 spiro atoms. The van der Waals surface area contributed by atoms with Crippen LogP contribution in [-0.4, -0.2) is 31.4 Å². The van der Waals surface area contributed by atoms with E-state index in [9.17, 15) is 4.79 Å². The lowest BCUT2D eigenvalue weighted by atomic mass is 10.0. The van der Waals surface area contributed by atoms with Crippen molar-refractivity contribution < 1.29 is 4.79 Å². The molecule has 0 aliphatic carbocycles. The minimum absolute atomic E-state index is 0.0645. The Balaban J connectivity index is 1.51. The topological polar surface area (TPSA) is 72.7 Å². The maximum absolute atomic E-state index is 12.5. The summed E-state index contributed by atoms with van der Waals surface area (Å²) < 4.78 is 1.78. The van der Waals surface area contributed by atoms with Gasteiger partial charge in [0.2, 0.25) is 5.91 Å². The highest BCUT2D eigenvalue weighted by molar-refractivity contribution is 8.00. The Morgan fingerprint density at radius 2 is 1.83 bits per heavy atom. The fourth-order valence-corrected chi connectivity index (χ4v) is 3.89. The van der Waals surface area contributed by atoms with Crippen LogP contribution in [0.4, 0.5) is 5.69 Å². The van der Waals surface area contributed by atoms with E-state index in [-0.39, 0.29) is 11.7 Å². The van der Waals surface area contributed by atoms with E-state index >= 15 is 0 Å². The normalized spacial score (nSPS) is 11.1. The number of amides is 1. The predicted octanol–water partition coefficient (Wildman–Crippen LogP) is 4.67. The molecule has 4 rings (SSSR count). The molecule has 2 heterocycles. The van der Waals surface area contributed by atoms with Crippen molar-refractivity contribution in [2.24, 2.45) is 0 Å². The van der Waals surface area contributed by atoms with Gasteiger partial charge in [0.05, 0.1) is 23.0 Å². The van der Waals surface area contributed by atoms with E-state index in [2.05, 4.69) is 34.2 Å². The van der Waals surface area contributed by atoms with Crippen LogP contribution in [0.3, 0.4) is 0 Å². The van der Waals surface area contributed by atoms with Gasteiger partial charge >= 0.3 is 0 Å². The predicted molar refractivity (Wildman–Crippen MR) is 117 cm³/mol. The highest BCUT2D eigenvalue weighted by atomic mass is 32.2. The van der Waals surface area contributed by atoms with Crippen molar-refractivity contribution in [1.82, 2.24) is 19.7 Å². The van der Waals surface area contributed by atoms with Gasteiger partial charge in [0, 0.05) is 5.69 Å². The fourth-order valence-electron chi connectivity index (χ4n) is 3.13. The summed E-state index contributed by atoms with van der Waals surface area (Å²) in [6.07, 6.45) is 3.26. The van der Waals surface area contributed by atoms with Crippen molar-refractivity contribution in [3.05, 3.63) is 72.7 Å². The Bertz CT molecular complexity index is 1140. The molecule has 0 radical (unpaired) electrons. The zero-order valence-electron chi connectivity index (χ0n) is 16.2. The summed E-state index contributed by atoms with van der Waals surface area (Å²) in [4.78, 5) is 21.3. The summed E-state index contributed by atoms with van der Waals surface area (Å²) in [7, 11) is 0. The van der Waals surface area contributed by atoms with E-state index in [1.165, 1.54) is 18.1 Å². The molecule has 0 bridgehead atoms. The number of aromatic nitrogens is 4. The molecule has 1 amide bonds. The van der Waals surface area contributed by atoms with E-state index in [0.717, 1.165) is 33.0 Å². The SMILES string of the molecule is CC(C)c1ccccc1NC(=O)CSc1ncnc2c1cnn2-c1ccccc1. The Labute approximate surface area is 173 Å². The monoisotopic (exact) mass is 403 g/mol. The molecule has 4 aromatic rings. The first-order valence-electron chi connectivity index (χ1n) is 9.39. The second kappa shape index (κ2) is 8.45. The number of benzene rings is 2. The lowest BCUT2D eigenvalue weighted by Gasteiger charge is -2.13. The van der Waals surface area contributed by atoms with Crippen LogP contribution in [-0.2, 0) is 4.79 Å². The van der Waals surface area contributed by atoms with Gasteiger partial charge in [-0.1, -0.05) is 62.0 Å². The van der Waals surface area contributed by atoms with E-state index in [0.29, 0.717) is 5.92 Å². The molecule has 0 saturated carbocycles. The van der Waals surface area contributed by atoms with Crippen molar-refractivity contribution in [3.63, 3.8) is 0 Å². The molecule has 0 fully saturated rings. The Kier molecular flexibility index (Phi) is 5.57. The number of hydrogen-bond donors (Lipinski definition) is 1. The van der Waals surface area contributed by atoms with Crippen LogP contribution >= 0.6 is 11.8 Å². The number of carbonyl (C=O) groups is 1. The summed E-state index contributed by atoms with van der Waals surface area (Å²) >= 11 is 1.38. The van der Waals surface area contributed by atoms with Crippen LogP contribution in [0, 0.1) is 0 Å². The maximum atomic E-state index is 12.5. The number of fused-ring (bicyclic) bond motifs is 1. The van der Waals surface area contributed by atoms with Crippen LogP contribution in [0.5, 0.6) is 0 Å². The summed E-state index contributed by atoms with van der Waals surface area (Å²) in [6.45, 7) is 4.23. The van der Waals surface area contributed by atoms with Crippen molar-refractivity contribution >= 4 is 34.4 Å². The van der Waals surface area contributed by atoms with Gasteiger partial charge in [-0.3, -0.25) is 4.79 Å². The number of anilines is 1. The number of rotatable bonds is 6. The molecular formula is C22H21N5OS. The van der Waals surface area contributed by atoms with Gasteiger partial charge in [-0.05, 0) is 29.7 Å². The third-order valence-electron chi connectivity index (χ3n) is 4.53. The third-order valence-corrected chi connectivity index (χ3v) is 5.53. The Morgan fingerprint density at radius 3 is 2.62 bits per heavy atom. The standard InChI is InChI=1S/C22H21N5OS/c1-15(2)17-10-6-7-11-19(17)26-20(28)13-29-22-18-12-25-27(21(18)23-14-24-22)16-8-4-3-5-9-16/h3-12,14-15H,13H2,1-2H3,(H,26,28). The van der Waals surface area contributed by atoms with Crippen LogP contribution < -0.4 is 5.32 Å². The Morgan fingerprint density at radius 1 is 1.07 bits per heavy atom. The molecule has 6 nitrogen and oxygen atoms in total. The second-order valence-corrected chi connectivity index (χ2v) is 7.85. The number of nitrogens with one attached hydrogen (secondary N) is 1. The van der Waals surface area contributed by atoms with Gasteiger partial charge < -0.3 is 5.32 Å². The molecule has 7 heteroatoms. The van der Waals surface area contributed by atoms with Crippen molar-refractivity contribution in [2.75, 3.05) is 11.1 Å². The summed E-state index contributed by atoms with van der Waals surface area (Å²) in [5.41, 5.74) is 3.64. The Hall–Kier alpha value is -3.19. The highest BCUT2D eigenvalue weighted by Gasteiger charge is 2.14. The molecule has 146 valence electrons. The van der Waals surface area contributed by atoms with Gasteiger partial charge in [-0.25, -0.2) is 14.6 Å². The van der Waals surface area contributed by atoms with Crippen LogP contribution in [0.2, 0.25) is 0 Å². The minimum atomic E-state index is -0.0645. The van der Waals surface area contributed by atoms with Gasteiger partial charge in [0.25, 0.3) is 0 Å². The average molecular weight is 404 g/mol. The zero-order valence-corrected chi connectivity index (χ0v) is 17.1. The number of thioether (sulfide) groups is 1. The molecule has 0 aliphatic rings. The molecule has 2 aromatic carbocycles. The van der Waals surface area contributed by atoms with Crippen LogP contribution in [0.25, 0.3) is 16.7 Å². The lowest BCUT2D eigenvalue weighted by molar-refractivity contribution is -0.113. The molecule has 1 N–H and O–H groups in total. The molecule has 29 heavy (non-hydrogen) atoms. The fraction of sp³-hybridized carbons (Fsp3) is 0.182. The number of para-hydroxylation sites is 2. The number of nitrogens with zero attached hydrogens (tertiary/aromatic N) is 4. The van der Waals surface area contributed by atoms with Gasteiger partial charge in [0.15, 0.2) is 5.65 Å². The van der Waals surface area contributed by atoms with Crippen molar-refractivity contribution in [1.29, 1.82) is 0 Å². The largest absolute Gasteiger partial charge is 0.325 e. The second-order valence-electron chi connectivity index (χ2n) is 6.89. The summed E-state index contributed by atoms with van der Waals surface area (Å²) in [5, 5.41) is 9.04. The van der Waals surface area contributed by atoms with E-state index in [1.807, 2.05) is 54.6 Å². The molecule has 0 saturated heterocycles. The maximum Gasteiger partial charge on any atom is 0.234 e. The smallest absolute Gasteiger partial charge is 0.234 e. The quantitative estimate of drug-likeness (QED) is 0.374. The van der Waals surface area contributed by atoms with Gasteiger partial charge in [-0.2, -0.15) is 5.10 Å². The first-order valence-corrected chi connectivity index (χ1v) is 10.4. The molecule has 0 atom stereocenters. The summed E-state index contributed by atoms with van der Waals surface area (Å²) in [5.74, 6) is 0.532. The van der Waals surface area contributed by atoms with Crippen LogP contribution in [0.1, 0.15) is 25.3 Å². The van der Waals surface area contributed by atoms with Crippen molar-refractivity contribution in [3.8, 4) is 5.69 Å². The average Bonchev–Trinajstić information content (AvgIpc) is 3.18. The number of hydrogen-bond acceptors (Lipinski definition) is 5.